The van der Waals surface area contributed by atoms with Crippen molar-refractivity contribution in [1.82, 2.24) is 14.8 Å². The van der Waals surface area contributed by atoms with Gasteiger partial charge in [0.05, 0.1) is 12.7 Å². The van der Waals surface area contributed by atoms with Crippen LogP contribution in [0.5, 0.6) is 5.75 Å². The number of rotatable bonds is 3. The Hall–Kier alpha value is -1.91. The summed E-state index contributed by atoms with van der Waals surface area (Å²) in [4.78, 5) is 4.25. The Morgan fingerprint density at radius 1 is 1.41 bits per heavy atom. The van der Waals surface area contributed by atoms with Gasteiger partial charge in [0.15, 0.2) is 5.82 Å². The summed E-state index contributed by atoms with van der Waals surface area (Å²) in [6, 6.07) is 4.71. The normalized spacial score (nSPS) is 10.6. The highest BCUT2D eigenvalue weighted by atomic mass is 19.1. The molecule has 0 N–H and O–H groups in total. The van der Waals surface area contributed by atoms with E-state index in [1.165, 1.54) is 13.2 Å². The van der Waals surface area contributed by atoms with Crippen molar-refractivity contribution in [2.24, 2.45) is 0 Å². The minimum Gasteiger partial charge on any atom is -0.496 e. The zero-order valence-corrected chi connectivity index (χ0v) is 10.1. The molecular weight excluding hydrogens is 221 g/mol. The zero-order valence-electron chi connectivity index (χ0n) is 10.1. The first-order chi connectivity index (χ1) is 8.17. The fourth-order valence-electron chi connectivity index (χ4n) is 1.75. The van der Waals surface area contributed by atoms with Crippen molar-refractivity contribution in [2.45, 2.75) is 20.4 Å². The summed E-state index contributed by atoms with van der Waals surface area (Å²) in [7, 11) is 1.51. The lowest BCUT2D eigenvalue weighted by molar-refractivity contribution is 0.412. The predicted molar refractivity (Wildman–Crippen MR) is 62.4 cm³/mol. The number of benzene rings is 1. The van der Waals surface area contributed by atoms with E-state index in [0.29, 0.717) is 29.5 Å². The van der Waals surface area contributed by atoms with Gasteiger partial charge in [0.2, 0.25) is 0 Å². The Bertz CT molecular complexity index is 537. The summed E-state index contributed by atoms with van der Waals surface area (Å²) >= 11 is 0. The van der Waals surface area contributed by atoms with Crippen LogP contribution in [0.1, 0.15) is 12.7 Å². The van der Waals surface area contributed by atoms with E-state index < -0.39 is 0 Å². The Balaban J connectivity index is 2.66. The minimum absolute atomic E-state index is 0.355. The molecule has 0 radical (unpaired) electrons. The molecule has 1 aromatic carbocycles. The number of hydrogen-bond acceptors (Lipinski definition) is 3. The molecule has 2 aromatic rings. The van der Waals surface area contributed by atoms with E-state index in [-0.39, 0.29) is 5.82 Å². The molecule has 5 heteroatoms. The smallest absolute Gasteiger partial charge is 0.165 e. The molecule has 0 saturated carbocycles. The predicted octanol–water partition coefficient (Wildman–Crippen LogP) is 2.42. The minimum atomic E-state index is -0.355. The van der Waals surface area contributed by atoms with Gasteiger partial charge in [-0.15, -0.1) is 0 Å². The van der Waals surface area contributed by atoms with Gasteiger partial charge in [-0.25, -0.2) is 14.1 Å². The maximum Gasteiger partial charge on any atom is 0.165 e. The fourth-order valence-corrected chi connectivity index (χ4v) is 1.75. The number of hydrogen-bond donors (Lipinski definition) is 0. The van der Waals surface area contributed by atoms with Gasteiger partial charge in [-0.1, -0.05) is 6.07 Å². The van der Waals surface area contributed by atoms with Crippen LogP contribution < -0.4 is 4.74 Å². The third-order valence-electron chi connectivity index (χ3n) is 2.50. The summed E-state index contributed by atoms with van der Waals surface area (Å²) in [6.45, 7) is 4.35. The van der Waals surface area contributed by atoms with Crippen LogP contribution in [0.2, 0.25) is 0 Å². The summed E-state index contributed by atoms with van der Waals surface area (Å²) in [5.41, 5.74) is 0.359. The van der Waals surface area contributed by atoms with Crippen LogP contribution in [0.4, 0.5) is 4.39 Å². The number of ether oxygens (including phenoxy) is 1. The van der Waals surface area contributed by atoms with E-state index in [1.807, 2.05) is 6.92 Å². The quantitative estimate of drug-likeness (QED) is 0.820. The molecule has 1 aromatic heterocycles. The lowest BCUT2D eigenvalue weighted by Crippen LogP contribution is -2.02. The molecule has 0 saturated heterocycles. The highest BCUT2D eigenvalue weighted by molar-refractivity contribution is 5.65. The molecule has 0 spiro atoms. The van der Waals surface area contributed by atoms with Crippen molar-refractivity contribution in [1.29, 1.82) is 0 Å². The van der Waals surface area contributed by atoms with Gasteiger partial charge in [-0.2, -0.15) is 5.10 Å². The second-order valence-electron chi connectivity index (χ2n) is 3.62. The van der Waals surface area contributed by atoms with E-state index in [4.69, 9.17) is 4.74 Å². The van der Waals surface area contributed by atoms with Crippen molar-refractivity contribution in [3.05, 3.63) is 29.8 Å². The van der Waals surface area contributed by atoms with E-state index in [0.717, 1.165) is 0 Å². The summed E-state index contributed by atoms with van der Waals surface area (Å²) in [5, 5.41) is 4.21. The van der Waals surface area contributed by atoms with Gasteiger partial charge in [0.25, 0.3) is 0 Å². The third kappa shape index (κ3) is 2.00. The zero-order chi connectivity index (χ0) is 12.4. The van der Waals surface area contributed by atoms with E-state index >= 15 is 0 Å². The third-order valence-corrected chi connectivity index (χ3v) is 2.50. The molecule has 2 rings (SSSR count). The highest BCUT2D eigenvalue weighted by Crippen LogP contribution is 2.31. The Morgan fingerprint density at radius 3 is 2.82 bits per heavy atom. The molecule has 0 atom stereocenters. The van der Waals surface area contributed by atoms with Crippen molar-refractivity contribution in [2.75, 3.05) is 7.11 Å². The lowest BCUT2D eigenvalue weighted by atomic mass is 10.1. The number of aryl methyl sites for hydroxylation is 2. The fraction of sp³-hybridized carbons (Fsp3) is 0.333. The molecule has 1 heterocycles. The standard InChI is InChI=1S/C12H14FN3O/c1-4-16-12(14-8(2)15-16)11-9(13)6-5-7-10(11)17-3/h5-7H,4H2,1-3H3. The number of aromatic nitrogens is 3. The van der Waals surface area contributed by atoms with Gasteiger partial charge in [-0.3, -0.25) is 0 Å². The van der Waals surface area contributed by atoms with Crippen LogP contribution in [-0.4, -0.2) is 21.9 Å². The average molecular weight is 235 g/mol. The SMILES string of the molecule is CCn1nc(C)nc1-c1c(F)cccc1OC. The number of halogens is 1. The summed E-state index contributed by atoms with van der Waals surface area (Å²) in [6.07, 6.45) is 0. The Morgan fingerprint density at radius 2 is 2.18 bits per heavy atom. The van der Waals surface area contributed by atoms with Crippen LogP contribution in [0, 0.1) is 12.7 Å². The first kappa shape index (κ1) is 11.6. The van der Waals surface area contributed by atoms with E-state index in [2.05, 4.69) is 10.1 Å². The van der Waals surface area contributed by atoms with Crippen molar-refractivity contribution >= 4 is 0 Å². The first-order valence-electron chi connectivity index (χ1n) is 5.41. The van der Waals surface area contributed by atoms with Gasteiger partial charge in [-0.05, 0) is 26.0 Å². The van der Waals surface area contributed by atoms with Crippen molar-refractivity contribution in [3.63, 3.8) is 0 Å². The van der Waals surface area contributed by atoms with Gasteiger partial charge < -0.3 is 4.74 Å². The maximum absolute atomic E-state index is 13.9. The van der Waals surface area contributed by atoms with Crippen molar-refractivity contribution < 1.29 is 9.13 Å². The van der Waals surface area contributed by atoms with Crippen LogP contribution in [0.15, 0.2) is 18.2 Å². The molecule has 0 fully saturated rings. The van der Waals surface area contributed by atoms with Gasteiger partial charge in [0, 0.05) is 6.54 Å². The molecule has 0 bridgehead atoms. The van der Waals surface area contributed by atoms with E-state index in [1.54, 1.807) is 23.7 Å². The largest absolute Gasteiger partial charge is 0.496 e. The molecule has 0 aliphatic heterocycles. The second-order valence-corrected chi connectivity index (χ2v) is 3.62. The second kappa shape index (κ2) is 4.53. The topological polar surface area (TPSA) is 39.9 Å². The van der Waals surface area contributed by atoms with Crippen molar-refractivity contribution in [3.8, 4) is 17.1 Å². The first-order valence-corrected chi connectivity index (χ1v) is 5.41. The highest BCUT2D eigenvalue weighted by Gasteiger charge is 2.17. The molecule has 4 nitrogen and oxygen atoms in total. The molecule has 0 unspecified atom stereocenters. The van der Waals surface area contributed by atoms with E-state index in [9.17, 15) is 4.39 Å². The molecule has 90 valence electrons. The lowest BCUT2D eigenvalue weighted by Gasteiger charge is -2.09. The monoisotopic (exact) mass is 235 g/mol. The molecule has 0 aliphatic rings. The molecular formula is C12H14FN3O. The average Bonchev–Trinajstić information content (AvgIpc) is 2.69. The van der Waals surface area contributed by atoms with Gasteiger partial charge >= 0.3 is 0 Å². The van der Waals surface area contributed by atoms with Crippen LogP contribution in [0.3, 0.4) is 0 Å². The Kier molecular flexibility index (Phi) is 3.08. The van der Waals surface area contributed by atoms with Crippen LogP contribution >= 0.6 is 0 Å². The van der Waals surface area contributed by atoms with Crippen LogP contribution in [-0.2, 0) is 6.54 Å². The molecule has 17 heavy (non-hydrogen) atoms. The Labute approximate surface area is 99.1 Å². The van der Waals surface area contributed by atoms with Crippen LogP contribution in [0.25, 0.3) is 11.4 Å². The molecule has 0 aliphatic carbocycles. The summed E-state index contributed by atoms with van der Waals surface area (Å²) < 4.78 is 20.7. The van der Waals surface area contributed by atoms with Gasteiger partial charge in [0.1, 0.15) is 17.4 Å². The maximum atomic E-state index is 13.9. The molecule has 0 amide bonds. The number of nitrogens with zero attached hydrogens (tertiary/aromatic N) is 3. The number of methoxy groups -OCH3 is 1. The summed E-state index contributed by atoms with van der Waals surface area (Å²) in [5.74, 6) is 1.23.